The average molecular weight is 415 g/mol. The quantitative estimate of drug-likeness (QED) is 0.494. The number of hydrogen-bond acceptors (Lipinski definition) is 7. The summed E-state index contributed by atoms with van der Waals surface area (Å²) in [6.07, 6.45) is 7.84. The molecule has 0 unspecified atom stereocenters. The molecule has 10 heteroatoms. The van der Waals surface area contributed by atoms with Gasteiger partial charge in [0.05, 0.1) is 6.61 Å². The number of primary amides is 1. The van der Waals surface area contributed by atoms with Crippen molar-refractivity contribution in [3.63, 3.8) is 0 Å². The maximum atomic E-state index is 11.1. The van der Waals surface area contributed by atoms with Crippen molar-refractivity contribution in [2.45, 2.75) is 56.5 Å². The van der Waals surface area contributed by atoms with Gasteiger partial charge in [0, 0.05) is 49.6 Å². The van der Waals surface area contributed by atoms with E-state index in [0.29, 0.717) is 30.8 Å². The molecule has 0 radical (unpaired) electrons. The molecule has 2 aliphatic rings. The largest absolute Gasteiger partial charge is 0.383 e. The van der Waals surface area contributed by atoms with E-state index in [9.17, 15) is 4.79 Å². The monoisotopic (exact) mass is 414 g/mol. The number of nitrogens with two attached hydrogens (primary N) is 1. The molecular formula is C20H30N8O2. The number of anilines is 3. The van der Waals surface area contributed by atoms with Crippen molar-refractivity contribution < 1.29 is 9.53 Å². The molecule has 0 spiro atoms. The Morgan fingerprint density at radius 2 is 2.07 bits per heavy atom. The van der Waals surface area contributed by atoms with E-state index in [1.807, 2.05) is 6.07 Å². The van der Waals surface area contributed by atoms with Crippen molar-refractivity contribution >= 4 is 23.6 Å². The molecule has 2 amide bonds. The van der Waals surface area contributed by atoms with Crippen molar-refractivity contribution in [2.24, 2.45) is 5.73 Å². The Balaban J connectivity index is 1.44. The Hall–Kier alpha value is -2.88. The van der Waals surface area contributed by atoms with Crippen LogP contribution in [0, 0.1) is 0 Å². The second kappa shape index (κ2) is 9.29. The molecule has 2 aromatic heterocycles. The van der Waals surface area contributed by atoms with Gasteiger partial charge in [0.1, 0.15) is 5.82 Å². The summed E-state index contributed by atoms with van der Waals surface area (Å²) in [5, 5.41) is 13.5. The van der Waals surface area contributed by atoms with Crippen molar-refractivity contribution in [3.8, 4) is 0 Å². The Morgan fingerprint density at radius 1 is 1.27 bits per heavy atom. The van der Waals surface area contributed by atoms with Crippen LogP contribution < -0.4 is 21.3 Å². The van der Waals surface area contributed by atoms with E-state index in [2.05, 4.69) is 36.8 Å². The normalized spacial score (nSPS) is 21.2. The van der Waals surface area contributed by atoms with E-state index < -0.39 is 6.03 Å². The van der Waals surface area contributed by atoms with Gasteiger partial charge in [0.25, 0.3) is 0 Å². The van der Waals surface area contributed by atoms with Crippen LogP contribution in [0.5, 0.6) is 0 Å². The Bertz CT molecular complexity index is 845. The number of carbonyl (C=O) groups excluding carboxylic acids is 1. The molecule has 4 rings (SSSR count). The third-order valence-electron chi connectivity index (χ3n) is 5.79. The van der Waals surface area contributed by atoms with Gasteiger partial charge in [0.15, 0.2) is 5.82 Å². The van der Waals surface area contributed by atoms with Crippen LogP contribution in [0.15, 0.2) is 18.3 Å². The summed E-state index contributed by atoms with van der Waals surface area (Å²) in [6, 6.07) is 3.86. The number of hydrogen-bond donors (Lipinski definition) is 4. The zero-order chi connectivity index (χ0) is 20.9. The third-order valence-corrected chi connectivity index (χ3v) is 5.79. The number of methoxy groups -OCH3 is 1. The highest BCUT2D eigenvalue weighted by Crippen LogP contribution is 2.39. The molecular weight excluding hydrogens is 384 g/mol. The number of rotatable bonds is 9. The maximum absolute atomic E-state index is 11.1. The number of aromatic nitrogens is 4. The average Bonchev–Trinajstić information content (AvgIpc) is 3.49. The van der Waals surface area contributed by atoms with Crippen molar-refractivity contribution in [3.05, 3.63) is 24.0 Å². The highest BCUT2D eigenvalue weighted by atomic mass is 16.5. The van der Waals surface area contributed by atoms with Crippen molar-refractivity contribution in [2.75, 3.05) is 30.5 Å². The number of ether oxygens (including phenoxy) is 1. The lowest BCUT2D eigenvalue weighted by atomic mass is 9.90. The minimum atomic E-state index is -0.458. The lowest BCUT2D eigenvalue weighted by molar-refractivity contribution is 0.199. The molecule has 0 bridgehead atoms. The summed E-state index contributed by atoms with van der Waals surface area (Å²) in [5.41, 5.74) is 6.44. The first kappa shape index (κ1) is 20.4. The smallest absolute Gasteiger partial charge is 0.312 e. The van der Waals surface area contributed by atoms with Gasteiger partial charge < -0.3 is 26.0 Å². The third kappa shape index (κ3) is 5.18. The van der Waals surface area contributed by atoms with E-state index in [0.717, 1.165) is 31.5 Å². The number of amides is 2. The molecule has 5 N–H and O–H groups in total. The van der Waals surface area contributed by atoms with Crippen LogP contribution in [-0.4, -0.2) is 58.5 Å². The Kier molecular flexibility index (Phi) is 6.32. The van der Waals surface area contributed by atoms with Crippen LogP contribution in [0.3, 0.4) is 0 Å². The van der Waals surface area contributed by atoms with Gasteiger partial charge in [-0.05, 0) is 44.6 Å². The molecule has 2 saturated carbocycles. The van der Waals surface area contributed by atoms with Gasteiger partial charge >= 0.3 is 6.03 Å². The molecule has 2 aliphatic carbocycles. The van der Waals surface area contributed by atoms with Gasteiger partial charge in [-0.3, -0.25) is 5.10 Å². The first-order valence-corrected chi connectivity index (χ1v) is 10.6. The summed E-state index contributed by atoms with van der Waals surface area (Å²) in [5.74, 6) is 2.77. The summed E-state index contributed by atoms with van der Waals surface area (Å²) in [4.78, 5) is 22.6. The predicted molar refractivity (Wildman–Crippen MR) is 114 cm³/mol. The van der Waals surface area contributed by atoms with E-state index in [1.54, 1.807) is 13.3 Å². The predicted octanol–water partition coefficient (Wildman–Crippen LogP) is 2.25. The minimum Gasteiger partial charge on any atom is -0.383 e. The van der Waals surface area contributed by atoms with E-state index in [1.165, 1.54) is 18.5 Å². The highest BCUT2D eigenvalue weighted by Gasteiger charge is 2.28. The number of H-pyrrole nitrogens is 1. The van der Waals surface area contributed by atoms with Gasteiger partial charge in [-0.15, -0.1) is 0 Å². The van der Waals surface area contributed by atoms with Crippen molar-refractivity contribution in [1.29, 1.82) is 0 Å². The lowest BCUT2D eigenvalue weighted by Crippen LogP contribution is -2.46. The van der Waals surface area contributed by atoms with Crippen molar-refractivity contribution in [1.82, 2.24) is 25.5 Å². The molecule has 30 heavy (non-hydrogen) atoms. The summed E-state index contributed by atoms with van der Waals surface area (Å²) >= 11 is 0. The molecule has 2 heterocycles. The fraction of sp³-hybridized carbons (Fsp3) is 0.600. The van der Waals surface area contributed by atoms with Gasteiger partial charge in [-0.25, -0.2) is 9.78 Å². The summed E-state index contributed by atoms with van der Waals surface area (Å²) in [7, 11) is 1.69. The minimum absolute atomic E-state index is 0.136. The number of carbonyl (C=O) groups is 1. The van der Waals surface area contributed by atoms with Crippen LogP contribution >= 0.6 is 0 Å². The summed E-state index contributed by atoms with van der Waals surface area (Å²) < 4.78 is 5.31. The zero-order valence-electron chi connectivity index (χ0n) is 17.3. The molecule has 0 aliphatic heterocycles. The molecule has 0 saturated heterocycles. The Labute approximate surface area is 176 Å². The van der Waals surface area contributed by atoms with E-state index in [-0.39, 0.29) is 12.1 Å². The number of nitrogens with one attached hydrogen (secondary N) is 3. The van der Waals surface area contributed by atoms with Crippen LogP contribution in [0.1, 0.15) is 50.1 Å². The van der Waals surface area contributed by atoms with Crippen LogP contribution in [0.2, 0.25) is 0 Å². The number of nitrogens with zero attached hydrogens (tertiary/aromatic N) is 4. The fourth-order valence-corrected chi connectivity index (χ4v) is 4.06. The molecule has 0 aromatic carbocycles. The van der Waals surface area contributed by atoms with Gasteiger partial charge in [0.2, 0.25) is 5.95 Å². The van der Waals surface area contributed by atoms with E-state index in [4.69, 9.17) is 15.5 Å². The fourth-order valence-electron chi connectivity index (χ4n) is 4.06. The van der Waals surface area contributed by atoms with E-state index >= 15 is 0 Å². The maximum Gasteiger partial charge on any atom is 0.312 e. The second-order valence-corrected chi connectivity index (χ2v) is 8.05. The SMILES string of the molecule is COCCN(c1nccc(Nc2cc(C3CC3)[nH]n2)n1)C1CCC(NC(N)=O)CC1. The molecule has 162 valence electrons. The van der Waals surface area contributed by atoms with Gasteiger partial charge in [-0.1, -0.05) is 0 Å². The molecule has 10 nitrogen and oxygen atoms in total. The second-order valence-electron chi connectivity index (χ2n) is 8.05. The number of urea groups is 1. The molecule has 2 fully saturated rings. The summed E-state index contributed by atoms with van der Waals surface area (Å²) in [6.45, 7) is 1.29. The topological polar surface area (TPSA) is 134 Å². The van der Waals surface area contributed by atoms with Crippen LogP contribution in [-0.2, 0) is 4.74 Å². The first-order chi connectivity index (χ1) is 14.6. The van der Waals surface area contributed by atoms with Gasteiger partial charge in [-0.2, -0.15) is 10.1 Å². The molecule has 0 atom stereocenters. The highest BCUT2D eigenvalue weighted by molar-refractivity contribution is 5.71. The molecule has 2 aromatic rings. The zero-order valence-corrected chi connectivity index (χ0v) is 17.3. The lowest BCUT2D eigenvalue weighted by Gasteiger charge is -2.37. The Morgan fingerprint density at radius 3 is 2.77 bits per heavy atom. The van der Waals surface area contributed by atoms with Crippen LogP contribution in [0.4, 0.5) is 22.4 Å². The van der Waals surface area contributed by atoms with Crippen LogP contribution in [0.25, 0.3) is 0 Å². The standard InChI is InChI=1S/C20H30N8O2/c1-30-11-10-28(15-6-4-14(5-7-15)23-19(21)29)20-22-9-8-17(25-20)24-18-12-16(26-27-18)13-2-3-13/h8-9,12-15H,2-7,10-11H2,1H3,(H3,21,23,29)(H2,22,24,25,26,27). The first-order valence-electron chi connectivity index (χ1n) is 10.6. The number of aromatic amines is 1.